The van der Waals surface area contributed by atoms with Gasteiger partial charge in [-0.15, -0.1) is 0 Å². The lowest BCUT2D eigenvalue weighted by Crippen LogP contribution is -2.66. The standard InChI is InChI=1S/C15H11F11O4/c16-11(17)9(29-8(27)7-4-5-1-2-6(7)3-5)10(13(18,19)20,14(21,22)23)30-12(11,28)15(24,25)26/h1-2,5-7,9,28H,3-4H2. The Morgan fingerprint density at radius 1 is 0.933 bits per heavy atom. The molecule has 2 bridgehead atoms. The Kier molecular flexibility index (Phi) is 4.76. The molecule has 30 heavy (non-hydrogen) atoms. The van der Waals surface area contributed by atoms with E-state index in [2.05, 4.69) is 9.47 Å². The van der Waals surface area contributed by atoms with Gasteiger partial charge in [-0.25, -0.2) is 0 Å². The summed E-state index contributed by atoms with van der Waals surface area (Å²) in [6, 6.07) is 0. The first-order valence-corrected chi connectivity index (χ1v) is 8.19. The van der Waals surface area contributed by atoms with Crippen molar-refractivity contribution >= 4 is 5.97 Å². The van der Waals surface area contributed by atoms with Crippen LogP contribution in [0, 0.1) is 17.8 Å². The van der Waals surface area contributed by atoms with Gasteiger partial charge in [0.25, 0.3) is 0 Å². The van der Waals surface area contributed by atoms with Crippen molar-refractivity contribution < 1.29 is 67.7 Å². The van der Waals surface area contributed by atoms with Crippen molar-refractivity contribution in [1.82, 2.24) is 0 Å². The van der Waals surface area contributed by atoms with E-state index in [-0.39, 0.29) is 18.8 Å². The molecule has 0 radical (unpaired) electrons. The monoisotopic (exact) mass is 464 g/mol. The topological polar surface area (TPSA) is 55.8 Å². The van der Waals surface area contributed by atoms with Crippen LogP contribution in [0.1, 0.15) is 12.8 Å². The van der Waals surface area contributed by atoms with Gasteiger partial charge in [-0.1, -0.05) is 12.2 Å². The lowest BCUT2D eigenvalue weighted by atomic mass is 9.89. The number of fused-ring (bicyclic) bond motifs is 2. The van der Waals surface area contributed by atoms with Crippen molar-refractivity contribution in [2.75, 3.05) is 0 Å². The van der Waals surface area contributed by atoms with E-state index in [4.69, 9.17) is 0 Å². The Hall–Kier alpha value is -1.64. The van der Waals surface area contributed by atoms with Gasteiger partial charge in [0.15, 0.2) is 0 Å². The number of allylic oxidation sites excluding steroid dienone is 2. The fraction of sp³-hybridized carbons (Fsp3) is 0.800. The molecule has 5 unspecified atom stereocenters. The third-order valence-electron chi connectivity index (χ3n) is 5.50. The summed E-state index contributed by atoms with van der Waals surface area (Å²) in [6.45, 7) is 0. The van der Waals surface area contributed by atoms with Crippen LogP contribution < -0.4 is 0 Å². The highest BCUT2D eigenvalue weighted by atomic mass is 19.4. The first kappa shape index (κ1) is 23.0. The summed E-state index contributed by atoms with van der Waals surface area (Å²) in [7, 11) is 0. The zero-order valence-electron chi connectivity index (χ0n) is 14.2. The third kappa shape index (κ3) is 2.83. The predicted molar refractivity (Wildman–Crippen MR) is 70.6 cm³/mol. The zero-order valence-corrected chi connectivity index (χ0v) is 14.2. The van der Waals surface area contributed by atoms with Crippen LogP contribution in [-0.4, -0.2) is 53.0 Å². The van der Waals surface area contributed by atoms with Crippen LogP contribution in [0.25, 0.3) is 0 Å². The summed E-state index contributed by atoms with van der Waals surface area (Å²) in [5.41, 5.74) is -6.34. The van der Waals surface area contributed by atoms with E-state index in [0.29, 0.717) is 0 Å². The number of rotatable bonds is 2. The second-order valence-corrected chi connectivity index (χ2v) is 7.30. The summed E-state index contributed by atoms with van der Waals surface area (Å²) in [5, 5.41) is 9.17. The molecule has 172 valence electrons. The first-order valence-electron chi connectivity index (χ1n) is 8.19. The zero-order chi connectivity index (χ0) is 23.1. The molecule has 0 aromatic heterocycles. The van der Waals surface area contributed by atoms with Crippen molar-refractivity contribution in [1.29, 1.82) is 0 Å². The van der Waals surface area contributed by atoms with E-state index in [1.165, 1.54) is 6.08 Å². The number of hydrogen-bond acceptors (Lipinski definition) is 4. The second-order valence-electron chi connectivity index (χ2n) is 7.30. The number of carbonyl (C=O) groups is 1. The lowest BCUT2D eigenvalue weighted by molar-refractivity contribution is -0.457. The molecule has 0 aromatic rings. The summed E-state index contributed by atoms with van der Waals surface area (Å²) >= 11 is 0. The predicted octanol–water partition coefficient (Wildman–Crippen LogP) is 3.89. The maximum atomic E-state index is 14.4. The molecule has 2 fully saturated rings. The summed E-state index contributed by atoms with van der Waals surface area (Å²) in [4.78, 5) is 12.1. The third-order valence-corrected chi connectivity index (χ3v) is 5.50. The van der Waals surface area contributed by atoms with Gasteiger partial charge in [-0.2, -0.15) is 48.3 Å². The average molecular weight is 464 g/mol. The number of hydrogen-bond donors (Lipinski definition) is 1. The molecule has 3 rings (SSSR count). The fourth-order valence-corrected chi connectivity index (χ4v) is 4.02. The minimum Gasteiger partial charge on any atom is -0.452 e. The maximum absolute atomic E-state index is 14.4. The second kappa shape index (κ2) is 6.20. The highest BCUT2D eigenvalue weighted by Crippen LogP contribution is 2.64. The molecular formula is C15H11F11O4. The number of alkyl halides is 11. The van der Waals surface area contributed by atoms with Crippen LogP contribution in [0.15, 0.2) is 12.2 Å². The van der Waals surface area contributed by atoms with Gasteiger partial charge in [0.1, 0.15) is 0 Å². The van der Waals surface area contributed by atoms with Crippen molar-refractivity contribution in [2.24, 2.45) is 17.8 Å². The van der Waals surface area contributed by atoms with Crippen LogP contribution in [-0.2, 0) is 14.3 Å². The SMILES string of the molecule is O=C(OC1C(F)(F)C(O)(C(F)(F)F)OC1(C(F)(F)F)C(F)(F)F)C1CC2C=CC1C2. The van der Waals surface area contributed by atoms with Gasteiger partial charge in [0.2, 0.25) is 6.10 Å². The first-order chi connectivity index (χ1) is 13.3. The Morgan fingerprint density at radius 3 is 1.83 bits per heavy atom. The Labute approximate surface area is 159 Å². The number of carbonyl (C=O) groups excluding carboxylic acids is 1. The molecule has 1 heterocycles. The molecule has 1 saturated carbocycles. The van der Waals surface area contributed by atoms with Crippen LogP contribution in [0.3, 0.4) is 0 Å². The van der Waals surface area contributed by atoms with Gasteiger partial charge >= 0.3 is 41.8 Å². The van der Waals surface area contributed by atoms with Crippen LogP contribution in [0.2, 0.25) is 0 Å². The van der Waals surface area contributed by atoms with Gasteiger partial charge in [-0.3, -0.25) is 4.79 Å². The molecule has 0 spiro atoms. The quantitative estimate of drug-likeness (QED) is 0.383. The molecule has 4 nitrogen and oxygen atoms in total. The molecule has 15 heteroatoms. The molecule has 5 atom stereocenters. The molecule has 1 N–H and O–H groups in total. The molecule has 1 saturated heterocycles. The van der Waals surface area contributed by atoms with Gasteiger partial charge in [-0.05, 0) is 24.7 Å². The van der Waals surface area contributed by atoms with E-state index in [1.54, 1.807) is 6.08 Å². The summed E-state index contributed by atoms with van der Waals surface area (Å²) in [5.74, 6) is -17.1. The molecule has 0 amide bonds. The van der Waals surface area contributed by atoms with Crippen LogP contribution in [0.4, 0.5) is 48.3 Å². The number of aliphatic hydroxyl groups is 1. The molecule has 1 aliphatic heterocycles. The highest BCUT2D eigenvalue weighted by molar-refractivity contribution is 5.74. The molecular weight excluding hydrogens is 453 g/mol. The van der Waals surface area contributed by atoms with E-state index in [9.17, 15) is 58.2 Å². The Balaban J connectivity index is 2.12. The smallest absolute Gasteiger partial charge is 0.449 e. The molecule has 3 aliphatic rings. The maximum Gasteiger partial charge on any atom is 0.449 e. The van der Waals surface area contributed by atoms with Gasteiger partial charge in [0.05, 0.1) is 5.92 Å². The number of ether oxygens (including phenoxy) is 2. The van der Waals surface area contributed by atoms with E-state index in [0.717, 1.165) is 0 Å². The highest BCUT2D eigenvalue weighted by Gasteiger charge is 2.95. The Bertz CT molecular complexity index is 739. The fourth-order valence-electron chi connectivity index (χ4n) is 4.02. The van der Waals surface area contributed by atoms with Gasteiger partial charge in [0, 0.05) is 0 Å². The van der Waals surface area contributed by atoms with E-state index < -0.39 is 59.7 Å². The van der Waals surface area contributed by atoms with Crippen molar-refractivity contribution in [3.05, 3.63) is 12.2 Å². The van der Waals surface area contributed by atoms with Crippen LogP contribution >= 0.6 is 0 Å². The minimum absolute atomic E-state index is 0.159. The lowest BCUT2D eigenvalue weighted by Gasteiger charge is -2.37. The van der Waals surface area contributed by atoms with Crippen LogP contribution in [0.5, 0.6) is 0 Å². The van der Waals surface area contributed by atoms with Gasteiger partial charge < -0.3 is 14.6 Å². The van der Waals surface area contributed by atoms with E-state index >= 15 is 0 Å². The normalized spacial score (nSPS) is 37.6. The molecule has 2 aliphatic carbocycles. The van der Waals surface area contributed by atoms with Crippen molar-refractivity contribution in [3.63, 3.8) is 0 Å². The number of esters is 1. The average Bonchev–Trinajstić information content (AvgIpc) is 3.20. The van der Waals surface area contributed by atoms with Crippen molar-refractivity contribution in [2.45, 2.75) is 54.8 Å². The summed E-state index contributed by atoms with van der Waals surface area (Å²) in [6.07, 6.45) is -22.6. The Morgan fingerprint density at radius 2 is 1.47 bits per heavy atom. The largest absolute Gasteiger partial charge is 0.452 e. The van der Waals surface area contributed by atoms with Crippen molar-refractivity contribution in [3.8, 4) is 0 Å². The number of halogens is 11. The minimum atomic E-state index is -6.98. The summed E-state index contributed by atoms with van der Waals surface area (Å²) < 4.78 is 154. The molecule has 0 aromatic carbocycles. The van der Waals surface area contributed by atoms with E-state index in [1.807, 2.05) is 0 Å².